The second kappa shape index (κ2) is 60.7. The van der Waals surface area contributed by atoms with Gasteiger partial charge in [0.05, 0.1) is 40.1 Å². The van der Waals surface area contributed by atoms with Crippen molar-refractivity contribution < 1.29 is 43.7 Å². The lowest BCUT2D eigenvalue weighted by atomic mass is 9.95. The number of benzene rings is 13. The van der Waals surface area contributed by atoms with Crippen LogP contribution in [0.25, 0.3) is 21.5 Å². The fraction of sp³-hybridized carbons (Fsp3) is 0.388. The number of hydrogen-bond donors (Lipinski definition) is 3. The summed E-state index contributed by atoms with van der Waals surface area (Å²) in [6.45, 7) is 61.6. The standard InChI is InChI=1S/C15H16O.C14H16O.C14H22O.C13H14O.C13H20O.C12H18O.C11H16O.C10H14O.C10H14.C9H12O/c1-12(2)14-10-6-7-11-15(14)16-13-8-4-3-5-9-13;1-10(2)12-8-4-6-11-7-5-9-13(15-3)14(11)12;1-6-9-15-14-12(5)11(4)7-8-13(14)10(2)3;1-9(2)11-8-7-10-5-3-4-6-12(10)13(11)14;1-5-9-14-13-11(4)7-6-8-12(13)10(2)3;1-4-9-13-12-8-6-5-7-11(12)10(2)3;1-9(2)11-7-5-4-6-10(11)8-12-3;1-8(2)10-6-4-3-5-9(10)7-11;1-8(2)10-7-5-4-6-9(10)3;1-7(2)8-5-3-4-6-9(8)10/h3-12H,1-2H3;4-10H,1-3H3;7-8,10H,6,9H2,1-5H3;3-9,14H,1-2H3;6-8,10H,5,9H2,1-4H3;5-8,10H,4,9H2,1-3H3;4-7,9H,8H2,1-3H3;3-6,8,11H,7H2,1-2H3;4-8H,1-3H3;3-7,10H,1-2H3. The van der Waals surface area contributed by atoms with Gasteiger partial charge in [-0.05, 0) is 242 Å². The van der Waals surface area contributed by atoms with Crippen molar-refractivity contribution in [2.75, 3.05) is 34.0 Å². The fourth-order valence-corrected chi connectivity index (χ4v) is 14.7. The predicted molar refractivity (Wildman–Crippen MR) is 560 cm³/mol. The van der Waals surface area contributed by atoms with Crippen LogP contribution in [0, 0.1) is 27.7 Å². The van der Waals surface area contributed by atoms with Crippen LogP contribution >= 0.6 is 0 Å². The molecule has 0 aromatic heterocycles. The van der Waals surface area contributed by atoms with Crippen LogP contribution in [0.4, 0.5) is 0 Å². The van der Waals surface area contributed by atoms with Crippen molar-refractivity contribution >= 4 is 21.5 Å². The summed E-state index contributed by atoms with van der Waals surface area (Å²) < 4.78 is 33.7. The Labute approximate surface area is 787 Å². The first kappa shape index (κ1) is 111. The number of aliphatic hydroxyl groups excluding tert-OH is 1. The second-order valence-corrected chi connectivity index (χ2v) is 36.0. The number of phenols is 2. The third-order valence-electron chi connectivity index (χ3n) is 22.1. The molecule has 9 nitrogen and oxygen atoms in total. The normalized spacial score (nSPS) is 10.6. The third-order valence-corrected chi connectivity index (χ3v) is 22.1. The van der Waals surface area contributed by atoms with Crippen LogP contribution in [0.3, 0.4) is 0 Å². The molecule has 0 radical (unpaired) electrons. The number of aliphatic hydroxyl groups is 1. The lowest BCUT2D eigenvalue weighted by molar-refractivity contribution is 0.184. The Morgan fingerprint density at radius 2 is 0.654 bits per heavy atom. The maximum atomic E-state index is 10.0. The minimum Gasteiger partial charge on any atom is -0.508 e. The van der Waals surface area contributed by atoms with Gasteiger partial charge in [0.25, 0.3) is 0 Å². The van der Waals surface area contributed by atoms with Crippen molar-refractivity contribution in [3.63, 3.8) is 0 Å². The van der Waals surface area contributed by atoms with Gasteiger partial charge in [0, 0.05) is 17.9 Å². The quantitative estimate of drug-likeness (QED) is 0.0514. The van der Waals surface area contributed by atoms with Gasteiger partial charge in [-0.1, -0.05) is 402 Å². The first-order chi connectivity index (χ1) is 62.1. The van der Waals surface area contributed by atoms with E-state index in [-0.39, 0.29) is 6.61 Å². The monoisotopic (exact) mass is 1760 g/mol. The lowest BCUT2D eigenvalue weighted by Gasteiger charge is -2.17. The van der Waals surface area contributed by atoms with Crippen molar-refractivity contribution in [1.29, 1.82) is 0 Å². The summed E-state index contributed by atoms with van der Waals surface area (Å²) >= 11 is 0. The average molecular weight is 1760 g/mol. The topological polar surface area (TPSA) is 116 Å². The average Bonchev–Trinajstić information content (AvgIpc) is 0.802. The van der Waals surface area contributed by atoms with Gasteiger partial charge in [0.1, 0.15) is 46.0 Å². The molecule has 0 atom stereocenters. The number of aryl methyl sites for hydroxylation is 3. The van der Waals surface area contributed by atoms with Crippen molar-refractivity contribution in [3.8, 4) is 46.0 Å². The summed E-state index contributed by atoms with van der Waals surface area (Å²) in [5.74, 6) is 11.9. The van der Waals surface area contributed by atoms with Gasteiger partial charge in [-0.25, -0.2) is 0 Å². The van der Waals surface area contributed by atoms with E-state index in [9.17, 15) is 10.2 Å². The molecule has 0 unspecified atom stereocenters. The Balaban J connectivity index is 0.000000303. The molecule has 0 spiro atoms. The number of methoxy groups -OCH3 is 2. The molecule has 0 bridgehead atoms. The van der Waals surface area contributed by atoms with Crippen molar-refractivity contribution in [1.82, 2.24) is 0 Å². The smallest absolute Gasteiger partial charge is 0.130 e. The highest BCUT2D eigenvalue weighted by Gasteiger charge is 2.16. The van der Waals surface area contributed by atoms with Gasteiger partial charge in [-0.2, -0.15) is 0 Å². The maximum absolute atomic E-state index is 10.0. The summed E-state index contributed by atoms with van der Waals surface area (Å²) in [6, 6.07) is 94.0. The molecule has 13 rings (SSSR count). The molecule has 700 valence electrons. The SMILES string of the molecule is CC(C)c1ccc2ccccc2c1O.CC(C)c1ccccc1CO.CC(C)c1ccccc1O.CC(C)c1ccccc1Oc1ccccc1.CCCOc1c(C(C)C)ccc(C)c1C.CCCOc1c(C)cccc1C(C)C.CCCOc1ccccc1C(C)C.COCc1ccccc1C(C)C.COc1cccc2cccc(C(C)C)c12.Cc1ccccc1C(C)C. The molecule has 3 N–H and O–H groups in total. The van der Waals surface area contributed by atoms with E-state index < -0.39 is 0 Å². The molecule has 0 heterocycles. The molecule has 9 heteroatoms. The van der Waals surface area contributed by atoms with E-state index in [1.807, 2.05) is 140 Å². The number of para-hydroxylation sites is 5. The Morgan fingerprint density at radius 1 is 0.277 bits per heavy atom. The predicted octanol–water partition coefficient (Wildman–Crippen LogP) is 34.9. The molecular weight excluding hydrogens is 1600 g/mol. The number of fused-ring (bicyclic) bond motifs is 2. The van der Waals surface area contributed by atoms with E-state index in [1.165, 1.54) is 83.1 Å². The highest BCUT2D eigenvalue weighted by Crippen LogP contribution is 2.38. The van der Waals surface area contributed by atoms with Crippen molar-refractivity contribution in [2.45, 2.75) is 279 Å². The van der Waals surface area contributed by atoms with E-state index in [0.29, 0.717) is 77.3 Å². The van der Waals surface area contributed by atoms with Gasteiger partial charge in [-0.15, -0.1) is 0 Å². The second-order valence-electron chi connectivity index (χ2n) is 36.0. The Kier molecular flexibility index (Phi) is 51.9. The minimum absolute atomic E-state index is 0.147. The van der Waals surface area contributed by atoms with E-state index >= 15 is 0 Å². The molecular formula is C121H162O9. The zero-order valence-corrected chi connectivity index (χ0v) is 84.8. The Bertz CT molecular complexity index is 5240. The summed E-state index contributed by atoms with van der Waals surface area (Å²) in [5.41, 5.74) is 20.3. The largest absolute Gasteiger partial charge is 0.508 e. The highest BCUT2D eigenvalue weighted by atomic mass is 16.5. The van der Waals surface area contributed by atoms with Gasteiger partial charge < -0.3 is 43.7 Å². The highest BCUT2D eigenvalue weighted by molar-refractivity contribution is 5.92. The van der Waals surface area contributed by atoms with Crippen LogP contribution in [0.1, 0.15) is 327 Å². The number of aromatic hydroxyl groups is 2. The lowest BCUT2D eigenvalue weighted by Crippen LogP contribution is -2.03. The zero-order valence-electron chi connectivity index (χ0n) is 84.8. The van der Waals surface area contributed by atoms with Gasteiger partial charge >= 0.3 is 0 Å². The van der Waals surface area contributed by atoms with E-state index in [1.54, 1.807) is 20.3 Å². The molecule has 13 aromatic carbocycles. The van der Waals surface area contributed by atoms with Crippen LogP contribution < -0.4 is 23.7 Å². The van der Waals surface area contributed by atoms with Crippen LogP contribution in [0.15, 0.2) is 279 Å². The van der Waals surface area contributed by atoms with Crippen LogP contribution in [0.5, 0.6) is 46.0 Å². The van der Waals surface area contributed by atoms with Crippen LogP contribution in [-0.4, -0.2) is 49.4 Å². The number of ether oxygens (including phenoxy) is 6. The minimum atomic E-state index is 0.147. The van der Waals surface area contributed by atoms with E-state index in [0.717, 1.165) is 101 Å². The molecule has 130 heavy (non-hydrogen) atoms. The first-order valence-corrected chi connectivity index (χ1v) is 47.5. The first-order valence-electron chi connectivity index (χ1n) is 47.5. The Hall–Kier alpha value is -11.1. The molecule has 0 aliphatic heterocycles. The van der Waals surface area contributed by atoms with Crippen LogP contribution in [0.2, 0.25) is 0 Å². The summed E-state index contributed by atoms with van der Waals surface area (Å²) in [6.07, 6.45) is 3.18. The van der Waals surface area contributed by atoms with Crippen LogP contribution in [-0.2, 0) is 18.0 Å². The molecule has 0 saturated heterocycles. The van der Waals surface area contributed by atoms with E-state index in [4.69, 9.17) is 33.5 Å². The molecule has 13 aromatic rings. The molecule has 0 saturated carbocycles. The fourth-order valence-electron chi connectivity index (χ4n) is 14.7. The molecule has 0 amide bonds. The maximum Gasteiger partial charge on any atom is 0.130 e. The zero-order chi connectivity index (χ0) is 96.4. The van der Waals surface area contributed by atoms with Gasteiger partial charge in [0.15, 0.2) is 0 Å². The number of hydrogen-bond acceptors (Lipinski definition) is 9. The summed E-state index contributed by atoms with van der Waals surface area (Å²) in [7, 11) is 3.46. The van der Waals surface area contributed by atoms with E-state index in [2.05, 4.69) is 320 Å². The van der Waals surface area contributed by atoms with Crippen molar-refractivity contribution in [3.05, 3.63) is 368 Å². The summed E-state index contributed by atoms with van der Waals surface area (Å²) in [4.78, 5) is 0. The van der Waals surface area contributed by atoms with Crippen molar-refractivity contribution in [2.24, 2.45) is 0 Å². The number of phenolic OH excluding ortho intramolecular Hbond substituents is 2. The number of rotatable bonds is 25. The molecule has 0 fully saturated rings. The summed E-state index contributed by atoms with van der Waals surface area (Å²) in [5, 5.41) is 32.8. The molecule has 0 aliphatic rings. The Morgan fingerprint density at radius 3 is 1.15 bits per heavy atom. The molecule has 0 aliphatic carbocycles. The third kappa shape index (κ3) is 37.4. The van der Waals surface area contributed by atoms with Gasteiger partial charge in [0.2, 0.25) is 0 Å². The van der Waals surface area contributed by atoms with Gasteiger partial charge in [-0.3, -0.25) is 0 Å².